The van der Waals surface area contributed by atoms with E-state index in [1.165, 1.54) is 11.1 Å². The lowest BCUT2D eigenvalue weighted by atomic mass is 10.1. The predicted molar refractivity (Wildman–Crippen MR) is 95.6 cm³/mol. The average molecular weight is 288 g/mol. The van der Waals surface area contributed by atoms with Crippen molar-refractivity contribution in [3.05, 3.63) is 96.1 Å². The fourth-order valence-electron chi connectivity index (χ4n) is 1.91. The molecule has 0 fully saturated rings. The van der Waals surface area contributed by atoms with Crippen LogP contribution in [0, 0.1) is 0 Å². The molecule has 0 aliphatic heterocycles. The molecule has 0 saturated carbocycles. The maximum Gasteiger partial charge on any atom is 0.0492 e. The highest BCUT2D eigenvalue weighted by molar-refractivity contribution is 5.74. The lowest BCUT2D eigenvalue weighted by Crippen LogP contribution is -1.78. The van der Waals surface area contributed by atoms with Crippen molar-refractivity contribution >= 4 is 12.4 Å². The maximum atomic E-state index is 3.95. The van der Waals surface area contributed by atoms with Crippen LogP contribution < -0.4 is 0 Å². The van der Waals surface area contributed by atoms with Crippen LogP contribution >= 0.6 is 0 Å². The van der Waals surface area contributed by atoms with E-state index in [0.29, 0.717) is 0 Å². The summed E-state index contributed by atoms with van der Waals surface area (Å²) in [6.45, 7) is 0. The van der Waals surface area contributed by atoms with Crippen molar-refractivity contribution in [3.8, 4) is 0 Å². The summed E-state index contributed by atoms with van der Waals surface area (Å²) in [5.74, 6) is 0. The average Bonchev–Trinajstić information content (AvgIpc) is 2.58. The van der Waals surface area contributed by atoms with Gasteiger partial charge in [0.05, 0.1) is 0 Å². The minimum absolute atomic E-state index is 0.910. The number of nitrogens with zero attached hydrogens (tertiary/aromatic N) is 2. The van der Waals surface area contributed by atoms with Gasteiger partial charge in [0, 0.05) is 12.4 Å². The van der Waals surface area contributed by atoms with Crippen molar-refractivity contribution in [2.24, 2.45) is 10.2 Å². The second kappa shape index (κ2) is 10.1. The fourth-order valence-corrected chi connectivity index (χ4v) is 1.91. The summed E-state index contributed by atoms with van der Waals surface area (Å²) in [6, 6.07) is 20.7. The smallest absolute Gasteiger partial charge is 0.0492 e. The lowest BCUT2D eigenvalue weighted by Gasteiger charge is -1.92. The second-order valence-electron chi connectivity index (χ2n) is 4.76. The normalized spacial score (nSPS) is 12.2. The van der Waals surface area contributed by atoms with E-state index in [9.17, 15) is 0 Å². The summed E-state index contributed by atoms with van der Waals surface area (Å²) in [7, 11) is 0. The van der Waals surface area contributed by atoms with Gasteiger partial charge in [0.2, 0.25) is 0 Å². The van der Waals surface area contributed by atoms with Crippen molar-refractivity contribution in [1.82, 2.24) is 0 Å². The third kappa shape index (κ3) is 6.62. The summed E-state index contributed by atoms with van der Waals surface area (Å²) in [6.07, 6.45) is 13.2. The summed E-state index contributed by atoms with van der Waals surface area (Å²) in [4.78, 5) is 0. The van der Waals surface area contributed by atoms with Gasteiger partial charge < -0.3 is 0 Å². The predicted octanol–water partition coefficient (Wildman–Crippen LogP) is 4.64. The third-order valence-corrected chi connectivity index (χ3v) is 3.04. The minimum Gasteiger partial charge on any atom is -0.159 e. The molecule has 0 radical (unpaired) electrons. The van der Waals surface area contributed by atoms with Gasteiger partial charge in [-0.1, -0.05) is 72.8 Å². The Morgan fingerprint density at radius 2 is 1.00 bits per heavy atom. The molecule has 0 aliphatic carbocycles. The van der Waals surface area contributed by atoms with E-state index < -0.39 is 0 Å². The molecule has 0 unspecified atom stereocenters. The zero-order valence-electron chi connectivity index (χ0n) is 12.5. The van der Waals surface area contributed by atoms with Crippen molar-refractivity contribution in [1.29, 1.82) is 0 Å². The Hall–Kier alpha value is -2.74. The molecule has 110 valence electrons. The highest BCUT2D eigenvalue weighted by Crippen LogP contribution is 2.00. The zero-order chi connectivity index (χ0) is 15.3. The van der Waals surface area contributed by atoms with E-state index in [2.05, 4.69) is 46.6 Å². The van der Waals surface area contributed by atoms with Crippen LogP contribution in [0.1, 0.15) is 11.1 Å². The first-order valence-corrected chi connectivity index (χ1v) is 7.39. The minimum atomic E-state index is 0.910. The standard InChI is InChI=1S/C20H20N2/c1-3-11-19(12-4-1)15-7-9-17-21-22-18-10-8-16-20-13-5-2-6-14-20/h1-14,17-18H,15-16H2/b9-7-,10-8+,21-17+,22-18+. The maximum absolute atomic E-state index is 3.95. The van der Waals surface area contributed by atoms with Gasteiger partial charge in [-0.3, -0.25) is 0 Å². The molecule has 0 atom stereocenters. The Balaban J connectivity index is 1.64. The number of hydrogen-bond donors (Lipinski definition) is 0. The quantitative estimate of drug-likeness (QED) is 0.524. The molecule has 0 amide bonds. The van der Waals surface area contributed by atoms with Crippen molar-refractivity contribution < 1.29 is 0 Å². The molecule has 2 rings (SSSR count). The number of hydrogen-bond acceptors (Lipinski definition) is 2. The van der Waals surface area contributed by atoms with Crippen LogP contribution in [-0.2, 0) is 12.8 Å². The van der Waals surface area contributed by atoms with E-state index in [-0.39, 0.29) is 0 Å². The molecule has 0 aromatic heterocycles. The van der Waals surface area contributed by atoms with Gasteiger partial charge in [-0.05, 0) is 36.1 Å². The third-order valence-electron chi connectivity index (χ3n) is 3.04. The number of benzene rings is 2. The Morgan fingerprint density at radius 3 is 1.41 bits per heavy atom. The molecule has 2 aromatic rings. The van der Waals surface area contributed by atoms with Gasteiger partial charge >= 0.3 is 0 Å². The molecule has 2 aromatic carbocycles. The number of rotatable bonds is 7. The Kier molecular flexibility index (Phi) is 7.15. The SMILES string of the molecule is C(=C/Cc1ccccc1)/C=N/N=C/C=C/Cc1ccccc1. The first kappa shape index (κ1) is 15.6. The molecule has 22 heavy (non-hydrogen) atoms. The summed E-state index contributed by atoms with van der Waals surface area (Å²) >= 11 is 0. The van der Waals surface area contributed by atoms with E-state index in [1.54, 1.807) is 12.4 Å². The fraction of sp³-hybridized carbons (Fsp3) is 0.100. The Morgan fingerprint density at radius 1 is 0.591 bits per heavy atom. The molecule has 0 heterocycles. The Bertz CT molecular complexity index is 578. The Labute approximate surface area is 132 Å². The largest absolute Gasteiger partial charge is 0.159 e. The molecular weight excluding hydrogens is 268 g/mol. The summed E-state index contributed by atoms with van der Waals surface area (Å²) in [5.41, 5.74) is 2.58. The van der Waals surface area contributed by atoms with E-state index in [4.69, 9.17) is 0 Å². The van der Waals surface area contributed by atoms with Crippen molar-refractivity contribution in [3.63, 3.8) is 0 Å². The second-order valence-corrected chi connectivity index (χ2v) is 4.76. The summed E-state index contributed by atoms with van der Waals surface area (Å²) in [5, 5.41) is 7.91. The van der Waals surface area contributed by atoms with E-state index in [1.807, 2.05) is 48.6 Å². The van der Waals surface area contributed by atoms with Crippen LogP contribution in [0.2, 0.25) is 0 Å². The van der Waals surface area contributed by atoms with Crippen LogP contribution in [0.4, 0.5) is 0 Å². The molecule has 0 aliphatic rings. The first-order valence-electron chi connectivity index (χ1n) is 7.39. The summed E-state index contributed by atoms with van der Waals surface area (Å²) < 4.78 is 0. The van der Waals surface area contributed by atoms with E-state index in [0.717, 1.165) is 12.8 Å². The molecule has 0 bridgehead atoms. The molecular formula is C20H20N2. The van der Waals surface area contributed by atoms with Gasteiger partial charge in [-0.15, -0.1) is 0 Å². The van der Waals surface area contributed by atoms with Gasteiger partial charge in [0.1, 0.15) is 0 Å². The van der Waals surface area contributed by atoms with Crippen LogP contribution in [0.15, 0.2) is 95.2 Å². The molecule has 2 heteroatoms. The topological polar surface area (TPSA) is 24.7 Å². The van der Waals surface area contributed by atoms with Gasteiger partial charge in [0.15, 0.2) is 0 Å². The monoisotopic (exact) mass is 288 g/mol. The zero-order valence-corrected chi connectivity index (χ0v) is 12.5. The van der Waals surface area contributed by atoms with E-state index >= 15 is 0 Å². The van der Waals surface area contributed by atoms with Crippen molar-refractivity contribution in [2.75, 3.05) is 0 Å². The van der Waals surface area contributed by atoms with Crippen molar-refractivity contribution in [2.45, 2.75) is 12.8 Å². The van der Waals surface area contributed by atoms with Crippen LogP contribution in [0.5, 0.6) is 0 Å². The highest BCUT2D eigenvalue weighted by Gasteiger charge is 1.85. The molecule has 0 N–H and O–H groups in total. The first-order chi connectivity index (χ1) is 10.9. The van der Waals surface area contributed by atoms with Crippen LogP contribution in [0.25, 0.3) is 0 Å². The molecule has 0 spiro atoms. The van der Waals surface area contributed by atoms with Gasteiger partial charge in [0.25, 0.3) is 0 Å². The van der Waals surface area contributed by atoms with Gasteiger partial charge in [-0.25, -0.2) is 0 Å². The van der Waals surface area contributed by atoms with Crippen LogP contribution in [-0.4, -0.2) is 12.4 Å². The molecule has 2 nitrogen and oxygen atoms in total. The lowest BCUT2D eigenvalue weighted by molar-refractivity contribution is 1.25. The van der Waals surface area contributed by atoms with Gasteiger partial charge in [-0.2, -0.15) is 10.2 Å². The highest BCUT2D eigenvalue weighted by atomic mass is 15.2. The molecule has 0 saturated heterocycles. The van der Waals surface area contributed by atoms with Crippen LogP contribution in [0.3, 0.4) is 0 Å². The number of allylic oxidation sites excluding steroid dienone is 4.